The summed E-state index contributed by atoms with van der Waals surface area (Å²) in [6.07, 6.45) is 17.6. The Morgan fingerprint density at radius 1 is 1.04 bits per heavy atom. The van der Waals surface area contributed by atoms with Gasteiger partial charge in [-0.15, -0.1) is 0 Å². The molecule has 0 aromatic carbocycles. The van der Waals surface area contributed by atoms with Crippen molar-refractivity contribution < 1.29 is 4.79 Å². The van der Waals surface area contributed by atoms with Crippen LogP contribution in [0.2, 0.25) is 0 Å². The Morgan fingerprint density at radius 2 is 1.59 bits per heavy atom. The van der Waals surface area contributed by atoms with Gasteiger partial charge in [0.15, 0.2) is 0 Å². The normalized spacial score (nSPS) is 20.8. The average molecular weight is 365 g/mol. The first kappa shape index (κ1) is 22.9. The van der Waals surface area contributed by atoms with Crippen molar-refractivity contribution in [2.24, 2.45) is 10.8 Å². The van der Waals surface area contributed by atoms with E-state index in [2.05, 4.69) is 59.6 Å². The summed E-state index contributed by atoms with van der Waals surface area (Å²) >= 11 is 0. The highest BCUT2D eigenvalue weighted by Crippen LogP contribution is 2.52. The molecule has 0 fully saturated rings. The fraction of sp³-hybridized carbons (Fsp3) is 0.423. The molecule has 1 aliphatic carbocycles. The lowest BCUT2D eigenvalue weighted by atomic mass is 9.69. The Balaban J connectivity index is 3.30. The molecule has 27 heavy (non-hydrogen) atoms. The maximum absolute atomic E-state index is 11.4. The summed E-state index contributed by atoms with van der Waals surface area (Å²) in [6, 6.07) is 0. The van der Waals surface area contributed by atoms with Crippen molar-refractivity contribution in [2.45, 2.75) is 60.3 Å². The molecule has 1 heteroatoms. The van der Waals surface area contributed by atoms with Crippen molar-refractivity contribution in [1.82, 2.24) is 0 Å². The molecule has 0 amide bonds. The lowest BCUT2D eigenvalue weighted by Gasteiger charge is -2.34. The van der Waals surface area contributed by atoms with Crippen LogP contribution in [0.3, 0.4) is 0 Å². The van der Waals surface area contributed by atoms with Crippen LogP contribution in [0.25, 0.3) is 0 Å². The van der Waals surface area contributed by atoms with Crippen LogP contribution in [0.5, 0.6) is 0 Å². The van der Waals surface area contributed by atoms with Gasteiger partial charge in [0, 0.05) is 11.8 Å². The number of hydrogen-bond donors (Lipinski definition) is 0. The molecule has 0 saturated heterocycles. The van der Waals surface area contributed by atoms with Crippen molar-refractivity contribution in [3.05, 3.63) is 84.6 Å². The van der Waals surface area contributed by atoms with Crippen molar-refractivity contribution in [1.29, 1.82) is 0 Å². The average Bonchev–Trinajstić information content (AvgIpc) is 2.81. The summed E-state index contributed by atoms with van der Waals surface area (Å²) < 4.78 is 0. The van der Waals surface area contributed by atoms with Crippen molar-refractivity contribution in [2.75, 3.05) is 0 Å². The number of hydrogen-bond acceptors (Lipinski definition) is 1. The van der Waals surface area contributed by atoms with E-state index in [1.54, 1.807) is 6.92 Å². The highest BCUT2D eigenvalue weighted by molar-refractivity contribution is 5.75. The van der Waals surface area contributed by atoms with Crippen molar-refractivity contribution >= 4 is 5.78 Å². The quantitative estimate of drug-likeness (QED) is 0.348. The minimum Gasteiger partial charge on any atom is -0.300 e. The standard InChI is InChI=1S/C26H36O/c1-9-12-14-23-21(5)22(11-3)24(15-13-10-2)26(23,8)19-18-25(6,7)17-16-20(4)27/h9-15H,1-3,16-19H2,4-8H3/b14-12-,15-13-. The molecule has 1 aliphatic rings. The molecule has 1 atom stereocenters. The number of allylic oxidation sites excluding steroid dienone is 11. The fourth-order valence-electron chi connectivity index (χ4n) is 3.87. The Labute approximate surface area is 166 Å². The monoisotopic (exact) mass is 364 g/mol. The van der Waals surface area contributed by atoms with Crippen LogP contribution in [0.1, 0.15) is 60.3 Å². The first-order valence-electron chi connectivity index (χ1n) is 9.79. The van der Waals surface area contributed by atoms with Crippen LogP contribution in [0.4, 0.5) is 0 Å². The number of carbonyl (C=O) groups excluding carboxylic acids is 1. The molecule has 0 N–H and O–H groups in total. The summed E-state index contributed by atoms with van der Waals surface area (Å²) in [5, 5.41) is 0. The Bertz CT molecular complexity index is 721. The summed E-state index contributed by atoms with van der Waals surface area (Å²) in [6.45, 7) is 22.4. The first-order valence-corrected chi connectivity index (χ1v) is 9.79. The smallest absolute Gasteiger partial charge is 0.129 e. The second-order valence-corrected chi connectivity index (χ2v) is 8.46. The van der Waals surface area contributed by atoms with Gasteiger partial charge in [0.2, 0.25) is 0 Å². The lowest BCUT2D eigenvalue weighted by molar-refractivity contribution is -0.117. The molecule has 0 aromatic rings. The van der Waals surface area contributed by atoms with E-state index in [9.17, 15) is 4.79 Å². The molecule has 0 bridgehead atoms. The molecule has 0 spiro atoms. The van der Waals surface area contributed by atoms with E-state index in [1.165, 1.54) is 22.3 Å². The van der Waals surface area contributed by atoms with Crippen LogP contribution in [-0.4, -0.2) is 5.78 Å². The third-order valence-electron chi connectivity index (χ3n) is 5.74. The predicted molar refractivity (Wildman–Crippen MR) is 120 cm³/mol. The SMILES string of the molecule is C=C/C=C\C1=C(C)C(C=C)=C(/C=C\C=C)C1(C)CCC(C)(C)CCC(C)=O. The van der Waals surface area contributed by atoms with Gasteiger partial charge in [0.05, 0.1) is 0 Å². The molecule has 0 radical (unpaired) electrons. The highest BCUT2D eigenvalue weighted by Gasteiger charge is 2.39. The largest absolute Gasteiger partial charge is 0.300 e. The van der Waals surface area contributed by atoms with Crippen LogP contribution < -0.4 is 0 Å². The second-order valence-electron chi connectivity index (χ2n) is 8.46. The topological polar surface area (TPSA) is 17.1 Å². The van der Waals surface area contributed by atoms with Gasteiger partial charge in [-0.05, 0) is 60.8 Å². The molecular formula is C26H36O. The van der Waals surface area contributed by atoms with Gasteiger partial charge >= 0.3 is 0 Å². The van der Waals surface area contributed by atoms with Crippen molar-refractivity contribution in [3.63, 3.8) is 0 Å². The number of carbonyl (C=O) groups is 1. The molecule has 0 aromatic heterocycles. The maximum atomic E-state index is 11.4. The Kier molecular flexibility index (Phi) is 8.21. The number of rotatable bonds is 11. The minimum absolute atomic E-state index is 0.0971. The van der Waals surface area contributed by atoms with Gasteiger partial charge < -0.3 is 4.79 Å². The summed E-state index contributed by atoms with van der Waals surface area (Å²) in [5.41, 5.74) is 5.13. The van der Waals surface area contributed by atoms with E-state index < -0.39 is 0 Å². The van der Waals surface area contributed by atoms with E-state index >= 15 is 0 Å². The Morgan fingerprint density at radius 3 is 2.07 bits per heavy atom. The Hall–Kier alpha value is -2.15. The summed E-state index contributed by atoms with van der Waals surface area (Å²) in [5.74, 6) is 0.268. The fourth-order valence-corrected chi connectivity index (χ4v) is 3.87. The molecule has 0 heterocycles. The van der Waals surface area contributed by atoms with E-state index in [-0.39, 0.29) is 16.6 Å². The number of Topliss-reactive ketones (excluding diaryl/α,β-unsaturated/α-hetero) is 1. The third-order valence-corrected chi connectivity index (χ3v) is 5.74. The zero-order valence-corrected chi connectivity index (χ0v) is 17.9. The first-order chi connectivity index (χ1) is 12.6. The van der Waals surface area contributed by atoms with E-state index in [0.717, 1.165) is 19.3 Å². The van der Waals surface area contributed by atoms with Gasteiger partial charge in [-0.3, -0.25) is 0 Å². The van der Waals surface area contributed by atoms with Crippen molar-refractivity contribution in [3.8, 4) is 0 Å². The molecule has 1 rings (SSSR count). The van der Waals surface area contributed by atoms with Gasteiger partial charge in [-0.1, -0.05) is 83.0 Å². The van der Waals surface area contributed by atoms with E-state index in [0.29, 0.717) is 6.42 Å². The van der Waals surface area contributed by atoms with Crippen LogP contribution in [-0.2, 0) is 4.79 Å². The van der Waals surface area contributed by atoms with Gasteiger partial charge in [0.1, 0.15) is 5.78 Å². The van der Waals surface area contributed by atoms with Gasteiger partial charge in [-0.2, -0.15) is 0 Å². The van der Waals surface area contributed by atoms with Crippen LogP contribution >= 0.6 is 0 Å². The lowest BCUT2D eigenvalue weighted by Crippen LogP contribution is -2.23. The molecule has 1 unspecified atom stereocenters. The van der Waals surface area contributed by atoms with E-state index in [1.807, 2.05) is 30.4 Å². The van der Waals surface area contributed by atoms with E-state index in [4.69, 9.17) is 0 Å². The summed E-state index contributed by atoms with van der Waals surface area (Å²) in [7, 11) is 0. The molecule has 0 aliphatic heterocycles. The minimum atomic E-state index is -0.0971. The molecule has 1 nitrogen and oxygen atoms in total. The zero-order chi connectivity index (χ0) is 20.7. The highest BCUT2D eigenvalue weighted by atomic mass is 16.1. The van der Waals surface area contributed by atoms with Gasteiger partial charge in [-0.25, -0.2) is 0 Å². The second kappa shape index (κ2) is 9.69. The maximum Gasteiger partial charge on any atom is 0.129 e. The third kappa shape index (κ3) is 5.66. The molecular weight excluding hydrogens is 328 g/mol. The summed E-state index contributed by atoms with van der Waals surface area (Å²) in [4.78, 5) is 11.4. The van der Waals surface area contributed by atoms with Gasteiger partial charge in [0.25, 0.3) is 0 Å². The molecule has 146 valence electrons. The zero-order valence-electron chi connectivity index (χ0n) is 17.9. The molecule has 0 saturated carbocycles. The van der Waals surface area contributed by atoms with Crippen LogP contribution in [0, 0.1) is 10.8 Å². The van der Waals surface area contributed by atoms with Crippen LogP contribution in [0.15, 0.2) is 84.6 Å². The predicted octanol–water partition coefficient (Wildman–Crippen LogP) is 7.47. The number of ketones is 1.